The topological polar surface area (TPSA) is 134 Å². The Morgan fingerprint density at radius 2 is 1.79 bits per heavy atom. The molecule has 0 radical (unpaired) electrons. The predicted molar refractivity (Wildman–Crippen MR) is 147 cm³/mol. The molecule has 0 saturated carbocycles. The molecule has 39 heavy (non-hydrogen) atoms. The lowest BCUT2D eigenvalue weighted by Crippen LogP contribution is -2.52. The van der Waals surface area contributed by atoms with Crippen LogP contribution in [0.2, 0.25) is 5.02 Å². The SMILES string of the molecule is CCN(Cc1ccncc1)C(=O)[C@H](C)N1CC[C@H](N(CC(N)=O)S(=O)(=O)c2ccc3cc(Cl)ccc3c2)C1=O. The van der Waals surface area contributed by atoms with Crippen molar-refractivity contribution in [1.29, 1.82) is 0 Å². The van der Waals surface area contributed by atoms with E-state index in [2.05, 4.69) is 4.98 Å². The van der Waals surface area contributed by atoms with Crippen molar-refractivity contribution in [3.8, 4) is 0 Å². The van der Waals surface area contributed by atoms with Crippen LogP contribution < -0.4 is 5.73 Å². The van der Waals surface area contributed by atoms with Crippen molar-refractivity contribution < 1.29 is 22.8 Å². The van der Waals surface area contributed by atoms with Gasteiger partial charge in [-0.2, -0.15) is 4.31 Å². The van der Waals surface area contributed by atoms with Crippen LogP contribution in [-0.4, -0.2) is 76.9 Å². The van der Waals surface area contributed by atoms with E-state index in [4.69, 9.17) is 17.3 Å². The van der Waals surface area contributed by atoms with Gasteiger partial charge in [-0.05, 0) is 73.0 Å². The highest BCUT2D eigenvalue weighted by Gasteiger charge is 2.45. The number of likely N-dealkylation sites (tertiary alicyclic amines) is 1. The van der Waals surface area contributed by atoms with Crippen LogP contribution in [0, 0.1) is 0 Å². The third kappa shape index (κ3) is 6.05. The van der Waals surface area contributed by atoms with E-state index in [9.17, 15) is 22.8 Å². The Kier molecular flexibility index (Phi) is 8.53. The number of nitrogens with zero attached hydrogens (tertiary/aromatic N) is 4. The zero-order valence-corrected chi connectivity index (χ0v) is 23.2. The summed E-state index contributed by atoms with van der Waals surface area (Å²) in [5.74, 6) is -1.70. The number of rotatable bonds is 10. The molecule has 2 N–H and O–H groups in total. The number of carbonyl (C=O) groups is 3. The van der Waals surface area contributed by atoms with Crippen LogP contribution in [0.3, 0.4) is 0 Å². The van der Waals surface area contributed by atoms with Gasteiger partial charge in [0, 0.05) is 37.1 Å². The van der Waals surface area contributed by atoms with Crippen molar-refractivity contribution in [2.24, 2.45) is 5.73 Å². The van der Waals surface area contributed by atoms with Crippen molar-refractivity contribution >= 4 is 50.1 Å². The normalized spacial score (nSPS) is 16.6. The van der Waals surface area contributed by atoms with E-state index in [1.54, 1.807) is 48.5 Å². The minimum atomic E-state index is -4.29. The largest absolute Gasteiger partial charge is 0.369 e. The van der Waals surface area contributed by atoms with Gasteiger partial charge in [-0.15, -0.1) is 0 Å². The molecule has 2 atom stereocenters. The number of primary amides is 1. The third-order valence-corrected chi connectivity index (χ3v) is 8.98. The number of likely N-dealkylation sites (N-methyl/N-ethyl adjacent to an activating group) is 1. The van der Waals surface area contributed by atoms with Crippen molar-refractivity contribution in [3.63, 3.8) is 0 Å². The van der Waals surface area contributed by atoms with Gasteiger partial charge in [-0.1, -0.05) is 23.7 Å². The van der Waals surface area contributed by atoms with E-state index >= 15 is 0 Å². The van der Waals surface area contributed by atoms with Crippen LogP contribution in [0.15, 0.2) is 65.8 Å². The fourth-order valence-electron chi connectivity index (χ4n) is 4.80. The molecule has 2 heterocycles. The second-order valence-electron chi connectivity index (χ2n) is 9.39. The lowest BCUT2D eigenvalue weighted by atomic mass is 10.1. The molecular formula is C27H30ClN5O5S. The Balaban J connectivity index is 1.58. The number of sulfonamides is 1. The first-order valence-corrected chi connectivity index (χ1v) is 14.3. The highest BCUT2D eigenvalue weighted by molar-refractivity contribution is 7.89. The lowest BCUT2D eigenvalue weighted by molar-refractivity contribution is -0.144. The molecule has 2 aromatic carbocycles. The first-order valence-electron chi connectivity index (χ1n) is 12.5. The highest BCUT2D eigenvalue weighted by Crippen LogP contribution is 2.29. The molecule has 3 amide bonds. The smallest absolute Gasteiger partial charge is 0.245 e. The average Bonchev–Trinajstić information content (AvgIpc) is 3.30. The van der Waals surface area contributed by atoms with E-state index in [0.717, 1.165) is 15.3 Å². The highest BCUT2D eigenvalue weighted by atomic mass is 35.5. The number of hydrogen-bond donors (Lipinski definition) is 1. The average molecular weight is 572 g/mol. The Morgan fingerprint density at radius 1 is 1.13 bits per heavy atom. The van der Waals surface area contributed by atoms with Gasteiger partial charge >= 0.3 is 0 Å². The molecule has 1 aliphatic heterocycles. The number of nitrogens with two attached hydrogens (primary N) is 1. The standard InChI is InChI=1S/C27H30ClN5O5S/c1-3-31(16-19-8-11-30-12-9-19)26(35)18(2)32-13-10-24(27(32)36)33(17-25(29)34)39(37,38)23-7-5-20-14-22(28)6-4-21(20)15-23/h4-9,11-12,14-15,18,24H,3,10,13,16-17H2,1-2H3,(H2,29,34)/t18-,24-/m0/s1. The minimum absolute atomic E-state index is 0.0801. The number of pyridine rings is 1. The number of benzene rings is 2. The number of hydrogen-bond acceptors (Lipinski definition) is 6. The molecular weight excluding hydrogens is 542 g/mol. The minimum Gasteiger partial charge on any atom is -0.369 e. The Hall–Kier alpha value is -3.54. The first kappa shape index (κ1) is 28.5. The monoisotopic (exact) mass is 571 g/mol. The maximum atomic E-state index is 13.7. The van der Waals surface area contributed by atoms with Gasteiger partial charge in [0.25, 0.3) is 0 Å². The number of fused-ring (bicyclic) bond motifs is 1. The van der Waals surface area contributed by atoms with Crippen LogP contribution in [0.25, 0.3) is 10.8 Å². The van der Waals surface area contributed by atoms with E-state index in [-0.39, 0.29) is 23.8 Å². The van der Waals surface area contributed by atoms with Crippen molar-refractivity contribution in [3.05, 3.63) is 71.5 Å². The fourth-order valence-corrected chi connectivity index (χ4v) is 6.59. The van der Waals surface area contributed by atoms with Crippen molar-refractivity contribution in [2.75, 3.05) is 19.6 Å². The van der Waals surface area contributed by atoms with Crippen LogP contribution in [-0.2, 0) is 31.0 Å². The molecule has 10 nitrogen and oxygen atoms in total. The molecule has 1 saturated heterocycles. The fraction of sp³-hybridized carbons (Fsp3) is 0.333. The predicted octanol–water partition coefficient (Wildman–Crippen LogP) is 2.40. The summed E-state index contributed by atoms with van der Waals surface area (Å²) in [6, 6.07) is 11.2. The summed E-state index contributed by atoms with van der Waals surface area (Å²) in [5.41, 5.74) is 6.31. The summed E-state index contributed by atoms with van der Waals surface area (Å²) in [5, 5.41) is 1.88. The second kappa shape index (κ2) is 11.7. The zero-order chi connectivity index (χ0) is 28.3. The molecule has 1 aliphatic rings. The molecule has 0 aliphatic carbocycles. The van der Waals surface area contributed by atoms with Crippen LogP contribution in [0.4, 0.5) is 0 Å². The molecule has 3 aromatic rings. The van der Waals surface area contributed by atoms with Crippen LogP contribution in [0.5, 0.6) is 0 Å². The third-order valence-electron chi connectivity index (χ3n) is 6.89. The van der Waals surface area contributed by atoms with Gasteiger partial charge in [0.2, 0.25) is 27.7 Å². The van der Waals surface area contributed by atoms with Gasteiger partial charge in [-0.3, -0.25) is 19.4 Å². The Morgan fingerprint density at radius 3 is 2.46 bits per heavy atom. The summed E-state index contributed by atoms with van der Waals surface area (Å²) in [6.45, 7) is 3.73. The lowest BCUT2D eigenvalue weighted by Gasteiger charge is -2.31. The number of aromatic nitrogens is 1. The molecule has 1 aromatic heterocycles. The Labute approximate surface area is 232 Å². The van der Waals surface area contributed by atoms with Gasteiger partial charge in [0.05, 0.1) is 11.4 Å². The number of halogens is 1. The zero-order valence-electron chi connectivity index (χ0n) is 21.7. The first-order chi connectivity index (χ1) is 18.5. The van der Waals surface area contributed by atoms with E-state index in [1.807, 2.05) is 19.1 Å². The Bertz CT molecular complexity index is 1500. The van der Waals surface area contributed by atoms with Crippen LogP contribution in [0.1, 0.15) is 25.8 Å². The van der Waals surface area contributed by atoms with Gasteiger partial charge in [0.15, 0.2) is 0 Å². The van der Waals surface area contributed by atoms with Gasteiger partial charge in [-0.25, -0.2) is 8.42 Å². The van der Waals surface area contributed by atoms with Gasteiger partial charge in [0.1, 0.15) is 12.1 Å². The van der Waals surface area contributed by atoms with Crippen LogP contribution >= 0.6 is 11.6 Å². The summed E-state index contributed by atoms with van der Waals surface area (Å²) in [7, 11) is -4.29. The second-order valence-corrected chi connectivity index (χ2v) is 11.7. The van der Waals surface area contributed by atoms with Gasteiger partial charge < -0.3 is 15.5 Å². The summed E-state index contributed by atoms with van der Waals surface area (Å²) in [4.78, 5) is 45.7. The van der Waals surface area contributed by atoms with E-state index in [1.165, 1.54) is 17.0 Å². The number of carbonyl (C=O) groups excluding carboxylic acids is 3. The summed E-state index contributed by atoms with van der Waals surface area (Å²) >= 11 is 6.04. The number of amides is 3. The molecule has 4 rings (SSSR count). The quantitative estimate of drug-likeness (QED) is 0.397. The maximum Gasteiger partial charge on any atom is 0.245 e. The molecule has 206 valence electrons. The molecule has 0 bridgehead atoms. The van der Waals surface area contributed by atoms with Crippen molar-refractivity contribution in [2.45, 2.75) is 43.8 Å². The van der Waals surface area contributed by atoms with E-state index < -0.39 is 40.5 Å². The molecule has 12 heteroatoms. The molecule has 0 unspecified atom stereocenters. The van der Waals surface area contributed by atoms with Crippen molar-refractivity contribution in [1.82, 2.24) is 19.1 Å². The molecule has 0 spiro atoms. The maximum absolute atomic E-state index is 13.7. The summed E-state index contributed by atoms with van der Waals surface area (Å²) in [6.07, 6.45) is 3.40. The molecule has 1 fully saturated rings. The summed E-state index contributed by atoms with van der Waals surface area (Å²) < 4.78 is 28.3. The van der Waals surface area contributed by atoms with E-state index in [0.29, 0.717) is 23.5 Å².